The van der Waals surface area contributed by atoms with Crippen LogP contribution in [0.25, 0.3) is 0 Å². The molecule has 2 heteroatoms. The van der Waals surface area contributed by atoms with Gasteiger partial charge in [-0.1, -0.05) is 31.0 Å². The van der Waals surface area contributed by atoms with Crippen LogP contribution >= 0.6 is 11.8 Å². The number of fused-ring (bicyclic) bond motifs is 1. The molecule has 1 fully saturated rings. The Balaban J connectivity index is 1.76. The van der Waals surface area contributed by atoms with E-state index in [1.54, 1.807) is 0 Å². The Morgan fingerprint density at radius 1 is 1.06 bits per heavy atom. The third-order valence-electron chi connectivity index (χ3n) is 3.75. The lowest BCUT2D eigenvalue weighted by Crippen LogP contribution is -2.32. The van der Waals surface area contributed by atoms with Crippen molar-refractivity contribution in [3.8, 4) is 0 Å². The van der Waals surface area contributed by atoms with Crippen LogP contribution in [-0.2, 0) is 0 Å². The van der Waals surface area contributed by atoms with E-state index in [9.17, 15) is 0 Å². The molecule has 1 atom stereocenters. The topological polar surface area (TPSA) is 12.0 Å². The fraction of sp³-hybridized carbons (Fsp3) is 0.571. The van der Waals surface area contributed by atoms with Gasteiger partial charge in [0.05, 0.1) is 0 Å². The molecule has 1 saturated carbocycles. The van der Waals surface area contributed by atoms with Gasteiger partial charge in [0.15, 0.2) is 0 Å². The SMILES string of the molecule is c1ccc2c(c1)SCCC2NC1CCCC1. The Hall–Kier alpha value is -0.470. The molecule has 1 unspecified atom stereocenters. The fourth-order valence-corrected chi connectivity index (χ4v) is 4.02. The van der Waals surface area contributed by atoms with Crippen LogP contribution in [0.1, 0.15) is 43.7 Å². The summed E-state index contributed by atoms with van der Waals surface area (Å²) in [7, 11) is 0. The molecule has 1 aromatic carbocycles. The third kappa shape index (κ3) is 2.14. The van der Waals surface area contributed by atoms with Gasteiger partial charge < -0.3 is 5.32 Å². The zero-order chi connectivity index (χ0) is 10.8. The highest BCUT2D eigenvalue weighted by atomic mass is 32.2. The molecule has 0 aromatic heterocycles. The number of benzene rings is 1. The second-order valence-electron chi connectivity index (χ2n) is 4.88. The predicted molar refractivity (Wildman–Crippen MR) is 69.9 cm³/mol. The van der Waals surface area contributed by atoms with Gasteiger partial charge >= 0.3 is 0 Å². The number of thioether (sulfide) groups is 1. The highest BCUT2D eigenvalue weighted by molar-refractivity contribution is 7.99. The lowest BCUT2D eigenvalue weighted by atomic mass is 10.0. The van der Waals surface area contributed by atoms with Crippen molar-refractivity contribution in [2.75, 3.05) is 5.75 Å². The van der Waals surface area contributed by atoms with Crippen LogP contribution in [0.5, 0.6) is 0 Å². The second kappa shape index (κ2) is 4.80. The number of hydrogen-bond acceptors (Lipinski definition) is 2. The van der Waals surface area contributed by atoms with E-state index in [-0.39, 0.29) is 0 Å². The maximum atomic E-state index is 3.86. The number of nitrogens with one attached hydrogen (secondary N) is 1. The molecule has 0 amide bonds. The van der Waals surface area contributed by atoms with Crippen LogP contribution in [0.3, 0.4) is 0 Å². The lowest BCUT2D eigenvalue weighted by Gasteiger charge is -2.28. The minimum absolute atomic E-state index is 0.612. The van der Waals surface area contributed by atoms with Crippen LogP contribution in [-0.4, -0.2) is 11.8 Å². The van der Waals surface area contributed by atoms with E-state index in [1.807, 2.05) is 11.8 Å². The molecule has 1 aliphatic carbocycles. The molecule has 1 aliphatic heterocycles. The molecule has 1 aromatic rings. The summed E-state index contributed by atoms with van der Waals surface area (Å²) in [4.78, 5) is 1.49. The molecule has 0 saturated heterocycles. The van der Waals surface area contributed by atoms with E-state index in [2.05, 4.69) is 29.6 Å². The van der Waals surface area contributed by atoms with Gasteiger partial charge in [0.2, 0.25) is 0 Å². The van der Waals surface area contributed by atoms with Gasteiger partial charge in [0.1, 0.15) is 0 Å². The number of rotatable bonds is 2. The summed E-state index contributed by atoms with van der Waals surface area (Å²) in [6.07, 6.45) is 6.89. The van der Waals surface area contributed by atoms with Crippen molar-refractivity contribution in [2.45, 2.75) is 49.1 Å². The number of hydrogen-bond donors (Lipinski definition) is 1. The van der Waals surface area contributed by atoms with E-state index in [4.69, 9.17) is 0 Å². The van der Waals surface area contributed by atoms with Crippen molar-refractivity contribution < 1.29 is 0 Å². The van der Waals surface area contributed by atoms with Gasteiger partial charge in [-0.05, 0) is 36.6 Å². The molecular weight excluding hydrogens is 214 g/mol. The summed E-state index contributed by atoms with van der Waals surface area (Å²) in [6, 6.07) is 10.3. The normalized spacial score (nSPS) is 25.6. The predicted octanol–water partition coefficient (Wildman–Crippen LogP) is 3.76. The summed E-state index contributed by atoms with van der Waals surface area (Å²) in [6.45, 7) is 0. The van der Waals surface area contributed by atoms with E-state index in [0.29, 0.717) is 6.04 Å². The van der Waals surface area contributed by atoms with Crippen LogP contribution in [0.2, 0.25) is 0 Å². The molecule has 1 nitrogen and oxygen atoms in total. The summed E-state index contributed by atoms with van der Waals surface area (Å²) in [5.41, 5.74) is 1.53. The van der Waals surface area contributed by atoms with Crippen molar-refractivity contribution >= 4 is 11.8 Å². The third-order valence-corrected chi connectivity index (χ3v) is 4.87. The highest BCUT2D eigenvalue weighted by Gasteiger charge is 2.24. The minimum atomic E-state index is 0.612. The molecule has 1 N–H and O–H groups in total. The van der Waals surface area contributed by atoms with Gasteiger partial charge in [-0.3, -0.25) is 0 Å². The van der Waals surface area contributed by atoms with Crippen molar-refractivity contribution in [1.29, 1.82) is 0 Å². The van der Waals surface area contributed by atoms with Crippen LogP contribution in [0, 0.1) is 0 Å². The maximum absolute atomic E-state index is 3.86. The zero-order valence-corrected chi connectivity index (χ0v) is 10.4. The van der Waals surface area contributed by atoms with Gasteiger partial charge in [-0.15, -0.1) is 11.8 Å². The smallest absolute Gasteiger partial charge is 0.0341 e. The molecule has 0 spiro atoms. The van der Waals surface area contributed by atoms with Gasteiger partial charge in [0.25, 0.3) is 0 Å². The highest BCUT2D eigenvalue weighted by Crippen LogP contribution is 2.36. The van der Waals surface area contributed by atoms with Gasteiger partial charge in [-0.2, -0.15) is 0 Å². The molecule has 0 bridgehead atoms. The maximum Gasteiger partial charge on any atom is 0.0341 e. The minimum Gasteiger partial charge on any atom is -0.307 e. The van der Waals surface area contributed by atoms with Crippen LogP contribution in [0.15, 0.2) is 29.2 Å². The molecule has 2 aliphatic rings. The standard InChI is InChI=1S/C14H19NS/c1-2-6-11(5-1)15-13-9-10-16-14-8-4-3-7-12(13)14/h3-4,7-8,11,13,15H,1-2,5-6,9-10H2. The summed E-state index contributed by atoms with van der Waals surface area (Å²) < 4.78 is 0. The summed E-state index contributed by atoms with van der Waals surface area (Å²) in [5.74, 6) is 1.27. The van der Waals surface area contributed by atoms with Gasteiger partial charge in [-0.25, -0.2) is 0 Å². The van der Waals surface area contributed by atoms with E-state index >= 15 is 0 Å². The van der Waals surface area contributed by atoms with Crippen molar-refractivity contribution in [1.82, 2.24) is 5.32 Å². The Bertz CT molecular complexity index is 358. The first-order chi connectivity index (χ1) is 7.93. The summed E-state index contributed by atoms with van der Waals surface area (Å²) in [5, 5.41) is 3.86. The molecule has 86 valence electrons. The molecule has 16 heavy (non-hydrogen) atoms. The second-order valence-corrected chi connectivity index (χ2v) is 6.01. The Morgan fingerprint density at radius 2 is 1.88 bits per heavy atom. The van der Waals surface area contributed by atoms with Crippen LogP contribution < -0.4 is 5.32 Å². The lowest BCUT2D eigenvalue weighted by molar-refractivity contribution is 0.425. The zero-order valence-electron chi connectivity index (χ0n) is 9.61. The molecule has 1 heterocycles. The molecule has 3 rings (SSSR count). The Labute approximate surface area is 102 Å². The van der Waals surface area contributed by atoms with Crippen molar-refractivity contribution in [3.05, 3.63) is 29.8 Å². The average molecular weight is 233 g/mol. The first-order valence-electron chi connectivity index (χ1n) is 6.41. The van der Waals surface area contributed by atoms with E-state index in [1.165, 1.54) is 48.3 Å². The largest absolute Gasteiger partial charge is 0.307 e. The fourth-order valence-electron chi connectivity index (χ4n) is 2.89. The Kier molecular flexibility index (Phi) is 3.20. The first-order valence-corrected chi connectivity index (χ1v) is 7.40. The van der Waals surface area contributed by atoms with Crippen LogP contribution in [0.4, 0.5) is 0 Å². The monoisotopic (exact) mass is 233 g/mol. The first kappa shape index (κ1) is 10.7. The van der Waals surface area contributed by atoms with Crippen molar-refractivity contribution in [2.24, 2.45) is 0 Å². The van der Waals surface area contributed by atoms with Gasteiger partial charge in [0, 0.05) is 17.0 Å². The summed E-state index contributed by atoms with van der Waals surface area (Å²) >= 11 is 2.01. The van der Waals surface area contributed by atoms with E-state index < -0.39 is 0 Å². The Morgan fingerprint density at radius 3 is 2.75 bits per heavy atom. The molecular formula is C14H19NS. The molecule has 0 radical (unpaired) electrons. The average Bonchev–Trinajstić information content (AvgIpc) is 2.82. The van der Waals surface area contributed by atoms with E-state index in [0.717, 1.165) is 6.04 Å². The quantitative estimate of drug-likeness (QED) is 0.835. The van der Waals surface area contributed by atoms with Crippen molar-refractivity contribution in [3.63, 3.8) is 0 Å².